The molecule has 0 aromatic heterocycles. The topological polar surface area (TPSA) is 63.4 Å². The number of likely N-dealkylation sites (N-methyl/N-ethyl adjacent to an activating group) is 1. The fourth-order valence-corrected chi connectivity index (χ4v) is 1.59. The van der Waals surface area contributed by atoms with E-state index in [0.29, 0.717) is 0 Å². The van der Waals surface area contributed by atoms with Crippen molar-refractivity contribution in [1.29, 1.82) is 0 Å². The summed E-state index contributed by atoms with van der Waals surface area (Å²) in [6.45, 7) is 1.69. The standard InChI is InChI=1S/C5H12N2O2S2/c1-3-11(8,9)7(2)4-5(6)10/h3-4H2,1-2H3,(H2,6,10). The molecule has 0 heterocycles. The number of hydrogen-bond donors (Lipinski definition) is 1. The molecule has 0 saturated carbocycles. The Hall–Kier alpha value is -0.200. The molecule has 0 rings (SSSR count). The summed E-state index contributed by atoms with van der Waals surface area (Å²) in [5, 5.41) is 0. The van der Waals surface area contributed by atoms with Crippen molar-refractivity contribution in [1.82, 2.24) is 4.31 Å². The van der Waals surface area contributed by atoms with Crippen LogP contribution in [0, 0.1) is 0 Å². The van der Waals surface area contributed by atoms with Crippen LogP contribution in [0.1, 0.15) is 6.92 Å². The normalized spacial score (nSPS) is 11.9. The maximum absolute atomic E-state index is 11.0. The first-order chi connectivity index (χ1) is 4.90. The van der Waals surface area contributed by atoms with Crippen molar-refractivity contribution in [3.05, 3.63) is 0 Å². The molecule has 6 heteroatoms. The Labute approximate surface area is 72.4 Å². The van der Waals surface area contributed by atoms with Crippen molar-refractivity contribution in [3.63, 3.8) is 0 Å². The quantitative estimate of drug-likeness (QED) is 0.619. The van der Waals surface area contributed by atoms with Crippen LogP contribution < -0.4 is 5.73 Å². The zero-order valence-corrected chi connectivity index (χ0v) is 8.20. The molecule has 0 atom stereocenters. The molecular formula is C5H12N2O2S2. The Kier molecular flexibility index (Phi) is 3.91. The SMILES string of the molecule is CCS(=O)(=O)N(C)CC(N)=S. The third-order valence-electron chi connectivity index (χ3n) is 1.22. The molecule has 66 valence electrons. The fourth-order valence-electron chi connectivity index (χ4n) is 0.538. The predicted molar refractivity (Wildman–Crippen MR) is 48.9 cm³/mol. The van der Waals surface area contributed by atoms with Gasteiger partial charge in [0.2, 0.25) is 10.0 Å². The summed E-state index contributed by atoms with van der Waals surface area (Å²) in [5.41, 5.74) is 5.17. The van der Waals surface area contributed by atoms with Crippen molar-refractivity contribution in [2.75, 3.05) is 19.3 Å². The Morgan fingerprint density at radius 3 is 2.36 bits per heavy atom. The van der Waals surface area contributed by atoms with Gasteiger partial charge in [-0.1, -0.05) is 12.2 Å². The first-order valence-corrected chi connectivity index (χ1v) is 5.14. The van der Waals surface area contributed by atoms with E-state index in [0.717, 1.165) is 4.31 Å². The lowest BCUT2D eigenvalue weighted by molar-refractivity contribution is 0.507. The minimum absolute atomic E-state index is 0.0755. The smallest absolute Gasteiger partial charge is 0.213 e. The summed E-state index contributed by atoms with van der Waals surface area (Å²) in [6, 6.07) is 0. The molecule has 11 heavy (non-hydrogen) atoms. The lowest BCUT2D eigenvalue weighted by Crippen LogP contribution is -2.35. The molecule has 0 aliphatic heterocycles. The molecule has 2 N–H and O–H groups in total. The zero-order chi connectivity index (χ0) is 9.07. The average Bonchev–Trinajstić information content (AvgIpc) is 1.86. The van der Waals surface area contributed by atoms with Crippen LogP contribution in [0.15, 0.2) is 0 Å². The number of thiocarbonyl (C=S) groups is 1. The number of hydrogen-bond acceptors (Lipinski definition) is 3. The first kappa shape index (κ1) is 10.8. The van der Waals surface area contributed by atoms with Gasteiger partial charge in [0.25, 0.3) is 0 Å². The van der Waals surface area contributed by atoms with E-state index < -0.39 is 10.0 Å². The highest BCUT2D eigenvalue weighted by molar-refractivity contribution is 7.89. The van der Waals surface area contributed by atoms with Gasteiger partial charge in [-0.2, -0.15) is 4.31 Å². The third-order valence-corrected chi connectivity index (χ3v) is 3.16. The van der Waals surface area contributed by atoms with Crippen LogP contribution in [0.3, 0.4) is 0 Å². The summed E-state index contributed by atoms with van der Waals surface area (Å²) < 4.78 is 23.2. The first-order valence-electron chi connectivity index (χ1n) is 3.12. The van der Waals surface area contributed by atoms with Gasteiger partial charge in [0.05, 0.1) is 17.3 Å². The molecule has 0 aliphatic rings. The van der Waals surface area contributed by atoms with Crippen molar-refractivity contribution in [2.24, 2.45) is 5.73 Å². The van der Waals surface area contributed by atoms with Crippen LogP contribution in [0.25, 0.3) is 0 Å². The summed E-state index contributed by atoms with van der Waals surface area (Å²) in [7, 11) is -1.67. The molecule has 0 saturated heterocycles. The van der Waals surface area contributed by atoms with Crippen molar-refractivity contribution in [2.45, 2.75) is 6.92 Å². The molecule has 0 aromatic rings. The molecule has 0 spiro atoms. The van der Waals surface area contributed by atoms with E-state index in [1.807, 2.05) is 0 Å². The minimum atomic E-state index is -3.13. The van der Waals surface area contributed by atoms with Gasteiger partial charge in [-0.25, -0.2) is 8.42 Å². The van der Waals surface area contributed by atoms with E-state index in [1.54, 1.807) is 6.92 Å². The lowest BCUT2D eigenvalue weighted by Gasteiger charge is -2.14. The Balaban J connectivity index is 4.26. The van der Waals surface area contributed by atoms with Crippen molar-refractivity contribution < 1.29 is 8.42 Å². The molecule has 0 unspecified atom stereocenters. The average molecular weight is 196 g/mol. The molecule has 0 amide bonds. The van der Waals surface area contributed by atoms with Crippen LogP contribution in [0.2, 0.25) is 0 Å². The van der Waals surface area contributed by atoms with E-state index in [9.17, 15) is 8.42 Å². The molecule has 0 fully saturated rings. The van der Waals surface area contributed by atoms with Gasteiger partial charge in [0, 0.05) is 7.05 Å². The van der Waals surface area contributed by atoms with Gasteiger partial charge in [-0.3, -0.25) is 0 Å². The molecule has 0 aliphatic carbocycles. The van der Waals surface area contributed by atoms with E-state index in [1.165, 1.54) is 7.05 Å². The maximum Gasteiger partial charge on any atom is 0.213 e. The van der Waals surface area contributed by atoms with E-state index in [-0.39, 0.29) is 17.3 Å². The molecular weight excluding hydrogens is 184 g/mol. The van der Waals surface area contributed by atoms with Crippen LogP contribution in [-0.2, 0) is 10.0 Å². The molecule has 0 aromatic carbocycles. The number of rotatable bonds is 4. The van der Waals surface area contributed by atoms with E-state index >= 15 is 0 Å². The van der Waals surface area contributed by atoms with E-state index in [4.69, 9.17) is 5.73 Å². The third kappa shape index (κ3) is 3.64. The summed E-state index contributed by atoms with van der Waals surface area (Å²) >= 11 is 4.56. The summed E-state index contributed by atoms with van der Waals surface area (Å²) in [4.78, 5) is 0.185. The zero-order valence-electron chi connectivity index (χ0n) is 6.57. The number of nitrogens with two attached hydrogens (primary N) is 1. The monoisotopic (exact) mass is 196 g/mol. The van der Waals surface area contributed by atoms with Crippen molar-refractivity contribution in [3.8, 4) is 0 Å². The van der Waals surface area contributed by atoms with Crippen LogP contribution in [0.5, 0.6) is 0 Å². The lowest BCUT2D eigenvalue weighted by atomic mass is 10.7. The molecule has 0 bridgehead atoms. The second kappa shape index (κ2) is 3.99. The highest BCUT2D eigenvalue weighted by atomic mass is 32.2. The fraction of sp³-hybridized carbons (Fsp3) is 0.800. The van der Waals surface area contributed by atoms with Gasteiger partial charge < -0.3 is 5.73 Å². The Morgan fingerprint density at radius 2 is 2.09 bits per heavy atom. The van der Waals surface area contributed by atoms with Gasteiger partial charge in [-0.15, -0.1) is 0 Å². The van der Waals surface area contributed by atoms with Crippen LogP contribution in [0.4, 0.5) is 0 Å². The van der Waals surface area contributed by atoms with Crippen LogP contribution in [-0.4, -0.2) is 37.1 Å². The van der Waals surface area contributed by atoms with Crippen molar-refractivity contribution >= 4 is 27.2 Å². The van der Waals surface area contributed by atoms with Crippen LogP contribution >= 0.6 is 12.2 Å². The van der Waals surface area contributed by atoms with Gasteiger partial charge in [0.15, 0.2) is 0 Å². The largest absolute Gasteiger partial charge is 0.392 e. The highest BCUT2D eigenvalue weighted by Gasteiger charge is 2.14. The second-order valence-electron chi connectivity index (χ2n) is 2.12. The molecule has 0 radical (unpaired) electrons. The summed E-state index contributed by atoms with van der Waals surface area (Å²) in [5.74, 6) is 0.0755. The Bertz CT molecular complexity index is 235. The summed E-state index contributed by atoms with van der Waals surface area (Å²) in [6.07, 6.45) is 0. The maximum atomic E-state index is 11.0. The number of sulfonamides is 1. The van der Waals surface area contributed by atoms with Gasteiger partial charge >= 0.3 is 0 Å². The molecule has 4 nitrogen and oxygen atoms in total. The second-order valence-corrected chi connectivity index (χ2v) is 5.01. The van der Waals surface area contributed by atoms with Gasteiger partial charge in [0.1, 0.15) is 0 Å². The predicted octanol–water partition coefficient (Wildman–Crippen LogP) is -0.446. The highest BCUT2D eigenvalue weighted by Crippen LogP contribution is 1.95. The minimum Gasteiger partial charge on any atom is -0.392 e. The Morgan fingerprint density at radius 1 is 1.64 bits per heavy atom. The number of nitrogens with zero attached hydrogens (tertiary/aromatic N) is 1. The van der Waals surface area contributed by atoms with Gasteiger partial charge in [-0.05, 0) is 6.92 Å². The van der Waals surface area contributed by atoms with E-state index in [2.05, 4.69) is 12.2 Å².